The topological polar surface area (TPSA) is 130 Å². The summed E-state index contributed by atoms with van der Waals surface area (Å²) < 4.78 is 27.9. The molecule has 0 aromatic heterocycles. The van der Waals surface area contributed by atoms with Crippen LogP contribution in [-0.2, 0) is 19.8 Å². The van der Waals surface area contributed by atoms with E-state index in [1.807, 2.05) is 6.92 Å². The number of β-lactam (4-membered cyclic amide) rings is 1. The van der Waals surface area contributed by atoms with Crippen molar-refractivity contribution in [2.75, 3.05) is 33.2 Å². The van der Waals surface area contributed by atoms with Crippen molar-refractivity contribution in [1.29, 1.82) is 0 Å². The molecule has 4 heterocycles. The first-order valence-corrected chi connectivity index (χ1v) is 12.9. The van der Waals surface area contributed by atoms with Gasteiger partial charge in [0.05, 0.1) is 18.1 Å². The number of carbonyl (C=O) groups excluding carboxylic acids is 1. The van der Waals surface area contributed by atoms with Crippen molar-refractivity contribution in [3.63, 3.8) is 0 Å². The van der Waals surface area contributed by atoms with Gasteiger partial charge in [0.1, 0.15) is 5.70 Å². The molecule has 12 heteroatoms. The number of carboxylic acids is 1. The molecule has 0 bridgehead atoms. The molecule has 4 aliphatic heterocycles. The van der Waals surface area contributed by atoms with E-state index in [0.29, 0.717) is 37.5 Å². The maximum Gasteiger partial charge on any atom is 0.353 e. The molecule has 1 amide bonds. The number of fused-ring (bicyclic) bond motifs is 1. The smallest absolute Gasteiger partial charge is 0.353 e. The van der Waals surface area contributed by atoms with Gasteiger partial charge in [-0.3, -0.25) is 4.79 Å². The monoisotopic (exact) mass is 474 g/mol. The normalized spacial score (nSPS) is 37.1. The van der Waals surface area contributed by atoms with Crippen LogP contribution in [-0.4, -0.2) is 101 Å². The Bertz CT molecular complexity index is 907. The van der Waals surface area contributed by atoms with E-state index in [0.717, 1.165) is 6.42 Å². The second-order valence-electron chi connectivity index (χ2n) is 8.89. The number of nitrogens with zero attached hydrogens (tertiary/aromatic N) is 3. The molecule has 3 saturated heterocycles. The molecule has 31 heavy (non-hydrogen) atoms. The van der Waals surface area contributed by atoms with E-state index in [4.69, 9.17) is 0 Å². The summed E-state index contributed by atoms with van der Waals surface area (Å²) in [5.41, 5.74) is 0.0353. The number of aliphatic carboxylic acids is 1. The Hall–Kier alpha value is -1.18. The summed E-state index contributed by atoms with van der Waals surface area (Å²) in [6.45, 7) is 5.54. The molecule has 0 aromatic carbocycles. The Morgan fingerprint density at radius 3 is 2.71 bits per heavy atom. The molecule has 0 saturated carbocycles. The SMILES string of the molecule is C[C@@H](O)[C@H]1C(=O)N2C(C(=O)O)=C(S[C@@H]3CN[C@H](CN4CCCN(C)S4(=O)=O)C3)[C@H](C)[C@H]12. The van der Waals surface area contributed by atoms with Crippen molar-refractivity contribution in [1.82, 2.24) is 18.8 Å². The quantitative estimate of drug-likeness (QED) is 0.439. The highest BCUT2D eigenvalue weighted by Crippen LogP contribution is 2.51. The van der Waals surface area contributed by atoms with Crippen LogP contribution in [0.4, 0.5) is 0 Å². The van der Waals surface area contributed by atoms with Crippen molar-refractivity contribution in [2.45, 2.75) is 50.1 Å². The van der Waals surface area contributed by atoms with Crippen LogP contribution in [0.15, 0.2) is 10.6 Å². The minimum absolute atomic E-state index is 0.00626. The van der Waals surface area contributed by atoms with Crippen LogP contribution in [0.5, 0.6) is 0 Å². The Kier molecular flexibility index (Phi) is 6.16. The molecular weight excluding hydrogens is 444 g/mol. The Balaban J connectivity index is 1.44. The van der Waals surface area contributed by atoms with Crippen molar-refractivity contribution in [3.05, 3.63) is 10.6 Å². The molecule has 6 atom stereocenters. The van der Waals surface area contributed by atoms with Gasteiger partial charge in [-0.1, -0.05) is 6.92 Å². The average molecular weight is 475 g/mol. The molecule has 174 valence electrons. The molecular formula is C19H30N4O6S2. The van der Waals surface area contributed by atoms with Gasteiger partial charge < -0.3 is 20.4 Å². The third-order valence-corrected chi connectivity index (χ3v) is 10.3. The molecule has 0 spiro atoms. The van der Waals surface area contributed by atoms with Gasteiger partial charge in [0.2, 0.25) is 5.91 Å². The van der Waals surface area contributed by atoms with Gasteiger partial charge in [-0.05, 0) is 19.8 Å². The Morgan fingerprint density at radius 2 is 2.06 bits per heavy atom. The summed E-state index contributed by atoms with van der Waals surface area (Å²) in [4.78, 5) is 26.4. The van der Waals surface area contributed by atoms with Gasteiger partial charge in [-0.25, -0.2) is 4.79 Å². The van der Waals surface area contributed by atoms with E-state index in [1.54, 1.807) is 14.0 Å². The van der Waals surface area contributed by atoms with Crippen LogP contribution >= 0.6 is 11.8 Å². The number of thioether (sulfide) groups is 1. The van der Waals surface area contributed by atoms with E-state index in [9.17, 15) is 28.2 Å². The Labute approximate surface area is 186 Å². The lowest BCUT2D eigenvalue weighted by atomic mass is 9.79. The summed E-state index contributed by atoms with van der Waals surface area (Å²) >= 11 is 1.47. The molecule has 4 rings (SSSR count). The average Bonchev–Trinajstić information content (AvgIpc) is 3.21. The molecule has 4 aliphatic rings. The zero-order chi connectivity index (χ0) is 22.7. The van der Waals surface area contributed by atoms with E-state index in [-0.39, 0.29) is 34.9 Å². The second kappa shape index (κ2) is 8.31. The third-order valence-electron chi connectivity index (χ3n) is 6.81. The summed E-state index contributed by atoms with van der Waals surface area (Å²) in [6.07, 6.45) is 0.683. The fourth-order valence-corrected chi connectivity index (χ4v) is 8.20. The van der Waals surface area contributed by atoms with Gasteiger partial charge in [-0.2, -0.15) is 17.0 Å². The number of carboxylic acid groups (broad SMARTS) is 1. The second-order valence-corrected chi connectivity index (χ2v) is 12.3. The van der Waals surface area contributed by atoms with E-state index in [1.165, 1.54) is 25.3 Å². The van der Waals surface area contributed by atoms with Crippen LogP contribution in [0.1, 0.15) is 26.7 Å². The lowest BCUT2D eigenvalue weighted by Gasteiger charge is -2.46. The molecule has 3 fully saturated rings. The van der Waals surface area contributed by atoms with Crippen molar-refractivity contribution in [3.8, 4) is 0 Å². The van der Waals surface area contributed by atoms with Gasteiger partial charge in [-0.15, -0.1) is 11.8 Å². The fourth-order valence-electron chi connectivity index (χ4n) is 5.20. The van der Waals surface area contributed by atoms with Crippen LogP contribution in [0, 0.1) is 11.8 Å². The highest BCUT2D eigenvalue weighted by molar-refractivity contribution is 8.03. The molecule has 0 radical (unpaired) electrons. The maximum absolute atomic E-state index is 12.5. The van der Waals surface area contributed by atoms with E-state index < -0.39 is 28.2 Å². The van der Waals surface area contributed by atoms with Gasteiger partial charge in [0.15, 0.2) is 0 Å². The molecule has 0 aromatic rings. The lowest BCUT2D eigenvalue weighted by Crippen LogP contribution is -2.63. The lowest BCUT2D eigenvalue weighted by molar-refractivity contribution is -0.163. The van der Waals surface area contributed by atoms with Crippen molar-refractivity contribution in [2.24, 2.45) is 11.8 Å². The summed E-state index contributed by atoms with van der Waals surface area (Å²) in [7, 11) is -1.83. The zero-order valence-electron chi connectivity index (χ0n) is 17.9. The number of aliphatic hydroxyl groups is 1. The minimum atomic E-state index is -3.42. The first kappa shape index (κ1) is 23.0. The van der Waals surface area contributed by atoms with Crippen molar-refractivity contribution < 1.29 is 28.2 Å². The number of rotatable bonds is 6. The highest BCUT2D eigenvalue weighted by atomic mass is 32.2. The number of amides is 1. The molecule has 0 unspecified atom stereocenters. The highest BCUT2D eigenvalue weighted by Gasteiger charge is 2.60. The minimum Gasteiger partial charge on any atom is -0.477 e. The summed E-state index contributed by atoms with van der Waals surface area (Å²) in [5, 5.41) is 23.2. The summed E-state index contributed by atoms with van der Waals surface area (Å²) in [5.74, 6) is -2.19. The molecule has 10 nitrogen and oxygen atoms in total. The van der Waals surface area contributed by atoms with Gasteiger partial charge in [0.25, 0.3) is 10.2 Å². The molecule has 3 N–H and O–H groups in total. The maximum atomic E-state index is 12.5. The predicted octanol–water partition coefficient (Wildman–Crippen LogP) is -0.514. The van der Waals surface area contributed by atoms with Gasteiger partial charge >= 0.3 is 5.97 Å². The van der Waals surface area contributed by atoms with E-state index >= 15 is 0 Å². The zero-order valence-corrected chi connectivity index (χ0v) is 19.5. The van der Waals surface area contributed by atoms with E-state index in [2.05, 4.69) is 5.32 Å². The largest absolute Gasteiger partial charge is 0.477 e. The van der Waals surface area contributed by atoms with Crippen molar-refractivity contribution >= 4 is 33.8 Å². The summed E-state index contributed by atoms with van der Waals surface area (Å²) in [6, 6.07) is -0.325. The number of nitrogens with one attached hydrogen (secondary N) is 1. The first-order valence-electron chi connectivity index (χ1n) is 10.6. The fraction of sp³-hybridized carbons (Fsp3) is 0.789. The predicted molar refractivity (Wildman–Crippen MR) is 115 cm³/mol. The standard InChI is InChI=1S/C19H30N4O6S2/c1-10-15-14(11(2)24)18(25)23(15)16(19(26)27)17(10)30-13-7-12(20-8-13)9-22-6-4-5-21(3)31(22,28)29/h10-15,20,24H,4-9H2,1-3H3,(H,26,27)/t10-,11-,12+,13+,14-,15-/m1/s1. The molecule has 0 aliphatic carbocycles. The van der Waals surface area contributed by atoms with Crippen LogP contribution in [0.3, 0.4) is 0 Å². The Morgan fingerprint density at radius 1 is 1.35 bits per heavy atom. The van der Waals surface area contributed by atoms with Crippen LogP contribution in [0.2, 0.25) is 0 Å². The van der Waals surface area contributed by atoms with Gasteiger partial charge in [0, 0.05) is 55.3 Å². The third kappa shape index (κ3) is 3.80. The number of aliphatic hydroxyl groups excluding tert-OH is 1. The van der Waals surface area contributed by atoms with Crippen LogP contribution in [0.25, 0.3) is 0 Å². The number of carbonyl (C=O) groups is 2. The number of hydrogen-bond acceptors (Lipinski definition) is 7. The first-order chi connectivity index (χ1) is 14.5. The number of hydrogen-bond donors (Lipinski definition) is 3. The van der Waals surface area contributed by atoms with Crippen LogP contribution < -0.4 is 5.32 Å².